The number of nitrogens with zero attached hydrogens (tertiary/aromatic N) is 2. The first-order valence-corrected chi connectivity index (χ1v) is 7.23. The molecule has 1 aliphatic heterocycles. The Balaban J connectivity index is 1.71. The summed E-state index contributed by atoms with van der Waals surface area (Å²) in [7, 11) is 0. The zero-order valence-electron chi connectivity index (χ0n) is 12.5. The van der Waals surface area contributed by atoms with Crippen LogP contribution in [0.15, 0.2) is 48.7 Å². The van der Waals surface area contributed by atoms with Crippen molar-refractivity contribution in [3.8, 4) is 17.6 Å². The molecule has 1 aromatic carbocycles. The Morgan fingerprint density at radius 2 is 1.96 bits per heavy atom. The van der Waals surface area contributed by atoms with E-state index >= 15 is 0 Å². The molecule has 0 aliphatic carbocycles. The fourth-order valence-electron chi connectivity index (χ4n) is 2.23. The van der Waals surface area contributed by atoms with Crippen LogP contribution in [0.1, 0.15) is 0 Å². The van der Waals surface area contributed by atoms with Gasteiger partial charge in [0.15, 0.2) is 23.5 Å². The van der Waals surface area contributed by atoms with E-state index in [1.165, 1.54) is 6.20 Å². The summed E-state index contributed by atoms with van der Waals surface area (Å²) < 4.78 is 11.0. The van der Waals surface area contributed by atoms with Crippen molar-refractivity contribution in [3.63, 3.8) is 0 Å². The van der Waals surface area contributed by atoms with Crippen molar-refractivity contribution < 1.29 is 19.1 Å². The number of aromatic nitrogens is 1. The fraction of sp³-hybridized carbons (Fsp3) is 0.176. The van der Waals surface area contributed by atoms with Crippen molar-refractivity contribution in [3.05, 3.63) is 48.7 Å². The van der Waals surface area contributed by atoms with Crippen LogP contribution < -0.4 is 14.8 Å². The number of pyridine rings is 1. The van der Waals surface area contributed by atoms with Crippen molar-refractivity contribution in [1.29, 1.82) is 5.26 Å². The van der Waals surface area contributed by atoms with E-state index in [1.807, 2.05) is 0 Å². The topological polar surface area (TPSA) is 101 Å². The monoisotopic (exact) mass is 323 g/mol. The Kier molecular flexibility index (Phi) is 4.38. The number of anilines is 1. The van der Waals surface area contributed by atoms with Gasteiger partial charge in [0.1, 0.15) is 12.4 Å². The molecule has 24 heavy (non-hydrogen) atoms. The summed E-state index contributed by atoms with van der Waals surface area (Å²) in [6.45, 7) is -0.0507. The predicted molar refractivity (Wildman–Crippen MR) is 83.3 cm³/mol. The van der Waals surface area contributed by atoms with Crippen molar-refractivity contribution >= 4 is 17.5 Å². The maximum absolute atomic E-state index is 12.5. The highest BCUT2D eigenvalue weighted by Gasteiger charge is 2.36. The zero-order valence-corrected chi connectivity index (χ0v) is 12.5. The standard InChI is InChI=1S/C17H13N3O4/c18-9-11(17(22)20-15-7-3-4-8-19-15)16(21)14-10-23-12-5-1-2-6-13(12)24-14/h1-8,11,14H,10H2,(H,19,20,22)/t11-,14+/m1/s1. The number of carbonyl (C=O) groups is 2. The Labute approximate surface area is 137 Å². The SMILES string of the molecule is N#C[C@@H](C(=O)Nc1ccccn1)C(=O)[C@@H]1COc2ccccc2O1. The molecule has 0 fully saturated rings. The van der Waals surface area contributed by atoms with Gasteiger partial charge in [0.2, 0.25) is 5.78 Å². The number of Topliss-reactive ketones (excluding diaryl/α,β-unsaturated/α-hetero) is 1. The molecule has 0 saturated heterocycles. The largest absolute Gasteiger partial charge is 0.485 e. The molecule has 1 aromatic heterocycles. The lowest BCUT2D eigenvalue weighted by Crippen LogP contribution is -2.43. The number of ether oxygens (including phenoxy) is 2. The van der Waals surface area contributed by atoms with E-state index < -0.39 is 23.7 Å². The van der Waals surface area contributed by atoms with Gasteiger partial charge in [-0.15, -0.1) is 0 Å². The van der Waals surface area contributed by atoms with Crippen LogP contribution >= 0.6 is 0 Å². The second-order valence-electron chi connectivity index (χ2n) is 5.03. The molecule has 1 amide bonds. The molecule has 2 atom stereocenters. The molecule has 1 N–H and O–H groups in total. The highest BCUT2D eigenvalue weighted by Crippen LogP contribution is 2.31. The number of hydrogen-bond donors (Lipinski definition) is 1. The minimum atomic E-state index is -1.51. The van der Waals surface area contributed by atoms with E-state index in [1.54, 1.807) is 48.5 Å². The fourth-order valence-corrected chi connectivity index (χ4v) is 2.23. The molecule has 0 radical (unpaired) electrons. The van der Waals surface area contributed by atoms with E-state index in [0.717, 1.165) is 0 Å². The quantitative estimate of drug-likeness (QED) is 0.857. The van der Waals surface area contributed by atoms with Crippen LogP contribution in [0.25, 0.3) is 0 Å². The smallest absolute Gasteiger partial charge is 0.250 e. The zero-order chi connectivity index (χ0) is 16.9. The van der Waals surface area contributed by atoms with Gasteiger partial charge in [-0.1, -0.05) is 18.2 Å². The minimum Gasteiger partial charge on any atom is -0.485 e. The Morgan fingerprint density at radius 1 is 1.21 bits per heavy atom. The van der Waals surface area contributed by atoms with Crippen LogP contribution in [-0.4, -0.2) is 29.4 Å². The molecule has 0 bridgehead atoms. The van der Waals surface area contributed by atoms with Crippen LogP contribution in [0, 0.1) is 17.2 Å². The van der Waals surface area contributed by atoms with Gasteiger partial charge >= 0.3 is 0 Å². The van der Waals surface area contributed by atoms with Crippen LogP contribution in [0.4, 0.5) is 5.82 Å². The van der Waals surface area contributed by atoms with Gasteiger partial charge in [-0.05, 0) is 24.3 Å². The summed E-state index contributed by atoms with van der Waals surface area (Å²) in [4.78, 5) is 28.6. The average Bonchev–Trinajstić information content (AvgIpc) is 2.62. The first-order chi connectivity index (χ1) is 11.7. The average molecular weight is 323 g/mol. The van der Waals surface area contributed by atoms with E-state index in [0.29, 0.717) is 11.5 Å². The molecular weight excluding hydrogens is 310 g/mol. The molecule has 7 nitrogen and oxygen atoms in total. The lowest BCUT2D eigenvalue weighted by atomic mass is 10.00. The number of amides is 1. The lowest BCUT2D eigenvalue weighted by molar-refractivity contribution is -0.135. The van der Waals surface area contributed by atoms with Crippen LogP contribution in [0.5, 0.6) is 11.5 Å². The second kappa shape index (κ2) is 6.79. The van der Waals surface area contributed by atoms with Crippen LogP contribution in [0.3, 0.4) is 0 Å². The first kappa shape index (κ1) is 15.5. The van der Waals surface area contributed by atoms with Crippen molar-refractivity contribution in [2.45, 2.75) is 6.10 Å². The molecule has 3 rings (SSSR count). The molecule has 2 aromatic rings. The third kappa shape index (κ3) is 3.17. The summed E-state index contributed by atoms with van der Waals surface area (Å²) in [6.07, 6.45) is 0.479. The van der Waals surface area contributed by atoms with Crippen molar-refractivity contribution in [1.82, 2.24) is 4.98 Å². The number of fused-ring (bicyclic) bond motifs is 1. The Morgan fingerprint density at radius 3 is 2.67 bits per heavy atom. The molecule has 2 heterocycles. The molecule has 120 valence electrons. The van der Waals surface area contributed by atoms with Gasteiger partial charge in [0.05, 0.1) is 6.07 Å². The van der Waals surface area contributed by atoms with Gasteiger partial charge in [-0.3, -0.25) is 9.59 Å². The highest BCUT2D eigenvalue weighted by molar-refractivity contribution is 6.10. The normalized spacial score (nSPS) is 16.5. The first-order valence-electron chi connectivity index (χ1n) is 7.23. The summed E-state index contributed by atoms with van der Waals surface area (Å²) in [5.41, 5.74) is 0. The van der Waals surface area contributed by atoms with E-state index in [2.05, 4.69) is 10.3 Å². The number of hydrogen-bond acceptors (Lipinski definition) is 6. The molecule has 0 spiro atoms. The second-order valence-corrected chi connectivity index (χ2v) is 5.03. The third-order valence-corrected chi connectivity index (χ3v) is 3.42. The van der Waals surface area contributed by atoms with Crippen molar-refractivity contribution in [2.24, 2.45) is 5.92 Å². The van der Waals surface area contributed by atoms with Crippen LogP contribution in [0.2, 0.25) is 0 Å². The predicted octanol–water partition coefficient (Wildman–Crippen LogP) is 1.57. The summed E-state index contributed by atoms with van der Waals surface area (Å²) in [5, 5.41) is 11.7. The van der Waals surface area contributed by atoms with Gasteiger partial charge in [-0.25, -0.2) is 4.98 Å². The molecule has 1 aliphatic rings. The number of benzene rings is 1. The molecule has 0 unspecified atom stereocenters. The van der Waals surface area contributed by atoms with Gasteiger partial charge in [-0.2, -0.15) is 5.26 Å². The summed E-state index contributed by atoms with van der Waals surface area (Å²) in [5.74, 6) is -1.71. The number of ketones is 1. The van der Waals surface area contributed by atoms with E-state index in [9.17, 15) is 14.9 Å². The number of nitrogens with one attached hydrogen (secondary N) is 1. The highest BCUT2D eigenvalue weighted by atomic mass is 16.6. The van der Waals surface area contributed by atoms with Gasteiger partial charge < -0.3 is 14.8 Å². The third-order valence-electron chi connectivity index (χ3n) is 3.42. The maximum atomic E-state index is 12.5. The minimum absolute atomic E-state index is 0.0507. The number of para-hydroxylation sites is 2. The number of carbonyl (C=O) groups excluding carboxylic acids is 2. The van der Waals surface area contributed by atoms with Gasteiger partial charge in [0, 0.05) is 6.20 Å². The Bertz CT molecular complexity index is 801. The molecular formula is C17H13N3O4. The van der Waals surface area contributed by atoms with E-state index in [-0.39, 0.29) is 12.4 Å². The van der Waals surface area contributed by atoms with E-state index in [4.69, 9.17) is 9.47 Å². The lowest BCUT2D eigenvalue weighted by Gasteiger charge is -2.26. The molecule has 7 heteroatoms. The Hall–Kier alpha value is -3.40. The summed E-state index contributed by atoms with van der Waals surface area (Å²) >= 11 is 0. The summed E-state index contributed by atoms with van der Waals surface area (Å²) in [6, 6.07) is 13.5. The van der Waals surface area contributed by atoms with Crippen LogP contribution in [-0.2, 0) is 9.59 Å². The molecule has 0 saturated carbocycles. The number of rotatable bonds is 4. The van der Waals surface area contributed by atoms with Crippen molar-refractivity contribution in [2.75, 3.05) is 11.9 Å². The van der Waals surface area contributed by atoms with Gasteiger partial charge in [0.25, 0.3) is 5.91 Å². The number of nitriles is 1. The maximum Gasteiger partial charge on any atom is 0.250 e.